The second-order valence-corrected chi connectivity index (χ2v) is 7.08. The highest BCUT2D eigenvalue weighted by molar-refractivity contribution is 9.10. The quantitative estimate of drug-likeness (QED) is 0.813. The zero-order valence-corrected chi connectivity index (χ0v) is 13.6. The third-order valence-electron chi connectivity index (χ3n) is 2.93. The number of anilines is 1. The summed E-state index contributed by atoms with van der Waals surface area (Å²) in [5.74, 6) is -0.375. The highest BCUT2D eigenvalue weighted by Gasteiger charge is 2.28. The molecule has 0 atom stereocenters. The number of hydrogen-bond acceptors (Lipinski definition) is 4. The fraction of sp³-hybridized carbons (Fsp3) is 0.231. The number of rotatable bonds is 5. The van der Waals surface area contributed by atoms with E-state index in [0.717, 1.165) is 16.4 Å². The molecule has 0 aliphatic carbocycles. The highest BCUT2D eigenvalue weighted by Crippen LogP contribution is 2.28. The lowest BCUT2D eigenvalue weighted by Gasteiger charge is -2.20. The molecule has 0 aliphatic rings. The first-order chi connectivity index (χ1) is 9.86. The molecular weight excluding hydrogens is 363 g/mol. The van der Waals surface area contributed by atoms with Crippen LogP contribution in [0.5, 0.6) is 0 Å². The largest absolute Gasteiger partial charge is 0.468 e. The molecule has 0 bridgehead atoms. The lowest BCUT2D eigenvalue weighted by molar-refractivity contribution is 0.373. The fourth-order valence-corrected chi connectivity index (χ4v) is 3.64. The molecule has 2 N–H and O–H groups in total. The molecule has 0 fully saturated rings. The molecule has 114 valence electrons. The first kappa shape index (κ1) is 16.0. The molecule has 0 saturated carbocycles. The summed E-state index contributed by atoms with van der Waals surface area (Å²) in [7, 11) is -4.00. The van der Waals surface area contributed by atoms with E-state index in [4.69, 9.17) is 10.2 Å². The normalized spacial score (nSPS) is 12.0. The average Bonchev–Trinajstić information content (AvgIpc) is 2.92. The van der Waals surface area contributed by atoms with Crippen LogP contribution in [0, 0.1) is 5.82 Å². The minimum atomic E-state index is -4.00. The molecule has 0 amide bonds. The molecule has 2 aromatic rings. The zero-order valence-electron chi connectivity index (χ0n) is 11.2. The molecule has 21 heavy (non-hydrogen) atoms. The van der Waals surface area contributed by atoms with E-state index < -0.39 is 20.7 Å². The van der Waals surface area contributed by atoms with E-state index in [-0.39, 0.29) is 18.8 Å². The molecule has 2 rings (SSSR count). The van der Waals surface area contributed by atoms with Crippen molar-refractivity contribution in [2.24, 2.45) is 0 Å². The van der Waals surface area contributed by atoms with Gasteiger partial charge in [-0.2, -0.15) is 4.31 Å². The summed E-state index contributed by atoms with van der Waals surface area (Å²) in [5.41, 5.74) is 5.81. The summed E-state index contributed by atoms with van der Waals surface area (Å²) in [6.07, 6.45) is 1.45. The van der Waals surface area contributed by atoms with E-state index in [9.17, 15) is 12.8 Å². The van der Waals surface area contributed by atoms with Crippen LogP contribution in [0.15, 0.2) is 44.3 Å². The van der Waals surface area contributed by atoms with Crippen LogP contribution >= 0.6 is 15.9 Å². The van der Waals surface area contributed by atoms with Gasteiger partial charge in [-0.25, -0.2) is 12.8 Å². The van der Waals surface area contributed by atoms with Gasteiger partial charge in [0, 0.05) is 16.7 Å². The summed E-state index contributed by atoms with van der Waals surface area (Å²) in [5, 5.41) is 0. The van der Waals surface area contributed by atoms with E-state index in [1.54, 1.807) is 19.1 Å². The van der Waals surface area contributed by atoms with Gasteiger partial charge in [-0.15, -0.1) is 0 Å². The van der Waals surface area contributed by atoms with Gasteiger partial charge >= 0.3 is 0 Å². The Morgan fingerprint density at radius 1 is 1.43 bits per heavy atom. The van der Waals surface area contributed by atoms with Gasteiger partial charge in [0.2, 0.25) is 10.0 Å². The molecule has 0 unspecified atom stereocenters. The molecule has 0 radical (unpaired) electrons. The summed E-state index contributed by atoms with van der Waals surface area (Å²) in [6.45, 7) is 1.88. The molecule has 1 aromatic carbocycles. The van der Waals surface area contributed by atoms with E-state index >= 15 is 0 Å². The van der Waals surface area contributed by atoms with Crippen molar-refractivity contribution in [2.45, 2.75) is 18.4 Å². The van der Waals surface area contributed by atoms with Gasteiger partial charge in [0.25, 0.3) is 0 Å². The number of sulfonamides is 1. The van der Waals surface area contributed by atoms with Crippen LogP contribution in [0.1, 0.15) is 12.7 Å². The van der Waals surface area contributed by atoms with E-state index in [1.165, 1.54) is 6.26 Å². The Bertz CT molecular complexity index is 732. The number of furan rings is 1. The standard InChI is InChI=1S/C13H14BrFN2O3S/c1-2-17(8-9-4-3-5-20-9)21(18,19)13-7-12(16)10(14)6-11(13)15/h3-7H,2,8,16H2,1H3. The molecule has 5 nitrogen and oxygen atoms in total. The minimum Gasteiger partial charge on any atom is -0.468 e. The van der Waals surface area contributed by atoms with Crippen LogP contribution < -0.4 is 5.73 Å². The van der Waals surface area contributed by atoms with Gasteiger partial charge in [-0.1, -0.05) is 6.92 Å². The Balaban J connectivity index is 2.42. The number of halogens is 2. The van der Waals surface area contributed by atoms with Crippen molar-refractivity contribution in [1.82, 2.24) is 4.31 Å². The Kier molecular flexibility index (Phi) is 4.70. The monoisotopic (exact) mass is 376 g/mol. The first-order valence-corrected chi connectivity index (χ1v) is 8.36. The number of hydrogen-bond donors (Lipinski definition) is 1. The lowest BCUT2D eigenvalue weighted by Crippen LogP contribution is -2.31. The second-order valence-electron chi connectivity index (χ2n) is 4.31. The van der Waals surface area contributed by atoms with Crippen LogP contribution in [0.2, 0.25) is 0 Å². The van der Waals surface area contributed by atoms with Gasteiger partial charge in [0.1, 0.15) is 16.5 Å². The summed E-state index contributed by atoms with van der Waals surface area (Å²) < 4.78 is 45.7. The smallest absolute Gasteiger partial charge is 0.246 e. The first-order valence-electron chi connectivity index (χ1n) is 6.13. The van der Waals surface area contributed by atoms with Crippen molar-refractivity contribution in [3.05, 3.63) is 46.6 Å². The topological polar surface area (TPSA) is 76.5 Å². The Hall–Kier alpha value is -1.38. The van der Waals surface area contributed by atoms with Crippen molar-refractivity contribution in [3.63, 3.8) is 0 Å². The van der Waals surface area contributed by atoms with Gasteiger partial charge < -0.3 is 10.2 Å². The van der Waals surface area contributed by atoms with Crippen LogP contribution in [0.3, 0.4) is 0 Å². The second kappa shape index (κ2) is 6.17. The predicted molar refractivity (Wildman–Crippen MR) is 80.5 cm³/mol. The number of nitrogen functional groups attached to an aromatic ring is 1. The predicted octanol–water partition coefficient (Wildman–Crippen LogP) is 2.97. The summed E-state index contributed by atoms with van der Waals surface area (Å²) in [4.78, 5) is -0.448. The van der Waals surface area contributed by atoms with Crippen molar-refractivity contribution < 1.29 is 17.2 Å². The van der Waals surface area contributed by atoms with Gasteiger partial charge in [-0.05, 0) is 40.2 Å². The van der Waals surface area contributed by atoms with E-state index in [2.05, 4.69) is 15.9 Å². The van der Waals surface area contributed by atoms with Crippen LogP contribution in [-0.2, 0) is 16.6 Å². The average molecular weight is 377 g/mol. The molecule has 8 heteroatoms. The Morgan fingerprint density at radius 3 is 2.71 bits per heavy atom. The molecule has 1 aromatic heterocycles. The van der Waals surface area contributed by atoms with Crippen molar-refractivity contribution in [3.8, 4) is 0 Å². The molecule has 1 heterocycles. The van der Waals surface area contributed by atoms with Gasteiger partial charge in [0.05, 0.1) is 12.8 Å². The van der Waals surface area contributed by atoms with Gasteiger partial charge in [-0.3, -0.25) is 0 Å². The summed E-state index contributed by atoms with van der Waals surface area (Å²) in [6, 6.07) is 5.47. The maximum absolute atomic E-state index is 14.0. The number of benzene rings is 1. The third kappa shape index (κ3) is 3.28. The lowest BCUT2D eigenvalue weighted by atomic mass is 10.3. The Morgan fingerprint density at radius 2 is 2.14 bits per heavy atom. The molecular formula is C13H14BrFN2O3S. The Labute approximate surface area is 130 Å². The SMILES string of the molecule is CCN(Cc1ccco1)S(=O)(=O)c1cc(N)c(Br)cc1F. The molecule has 0 spiro atoms. The van der Waals surface area contributed by atoms with E-state index in [0.29, 0.717) is 10.2 Å². The van der Waals surface area contributed by atoms with Gasteiger partial charge in [0.15, 0.2) is 0 Å². The molecule has 0 aliphatic heterocycles. The number of nitrogens with zero attached hydrogens (tertiary/aromatic N) is 1. The van der Waals surface area contributed by atoms with Crippen molar-refractivity contribution in [2.75, 3.05) is 12.3 Å². The number of nitrogens with two attached hydrogens (primary N) is 1. The molecule has 0 saturated heterocycles. The van der Waals surface area contributed by atoms with Crippen LogP contribution in [0.25, 0.3) is 0 Å². The van der Waals surface area contributed by atoms with Crippen LogP contribution in [-0.4, -0.2) is 19.3 Å². The van der Waals surface area contributed by atoms with Crippen molar-refractivity contribution in [1.29, 1.82) is 0 Å². The maximum atomic E-state index is 14.0. The fourth-order valence-electron chi connectivity index (χ4n) is 1.82. The van der Waals surface area contributed by atoms with E-state index in [1.807, 2.05) is 0 Å². The third-order valence-corrected chi connectivity index (χ3v) is 5.56. The van der Waals surface area contributed by atoms with Crippen LogP contribution in [0.4, 0.5) is 10.1 Å². The zero-order chi connectivity index (χ0) is 15.6. The minimum absolute atomic E-state index is 0.0290. The summed E-state index contributed by atoms with van der Waals surface area (Å²) >= 11 is 3.06. The van der Waals surface area contributed by atoms with Crippen molar-refractivity contribution >= 4 is 31.6 Å². The maximum Gasteiger partial charge on any atom is 0.246 e. The highest BCUT2D eigenvalue weighted by atomic mass is 79.9.